The molecule has 0 saturated carbocycles. The number of quaternary nitrogens is 1. The van der Waals surface area contributed by atoms with E-state index in [4.69, 9.17) is 0 Å². The molecule has 0 aliphatic carbocycles. The lowest BCUT2D eigenvalue weighted by molar-refractivity contribution is -0.688. The maximum Gasteiger partial charge on any atom is 0.282 e. The van der Waals surface area contributed by atoms with Crippen molar-refractivity contribution < 1.29 is 10.1 Å². The van der Waals surface area contributed by atoms with Gasteiger partial charge in [0, 0.05) is 11.3 Å². The summed E-state index contributed by atoms with van der Waals surface area (Å²) in [6, 6.07) is 18.1. The summed E-state index contributed by atoms with van der Waals surface area (Å²) in [5, 5.41) is 5.01. The second-order valence-corrected chi connectivity index (χ2v) is 5.25. The maximum atomic E-state index is 12.1. The standard InChI is InChI=1S/C18H22N2O/c1-3-15-9-11-17(12-10-15)20-18(21)14(2)19-13-16-7-5-4-6-8-16/h4-12,14,19H,3,13H2,1-2H3,(H,20,21)/p+1/t14-/m0/s1. The molecule has 0 bridgehead atoms. The minimum absolute atomic E-state index is 0.0372. The molecular weight excluding hydrogens is 260 g/mol. The van der Waals surface area contributed by atoms with Crippen LogP contribution in [0.25, 0.3) is 0 Å². The minimum Gasteiger partial charge on any atom is -0.333 e. The van der Waals surface area contributed by atoms with Gasteiger partial charge in [0.05, 0.1) is 0 Å². The van der Waals surface area contributed by atoms with Gasteiger partial charge in [-0.05, 0) is 31.0 Å². The summed E-state index contributed by atoms with van der Waals surface area (Å²) in [6.07, 6.45) is 1.01. The van der Waals surface area contributed by atoms with E-state index in [1.54, 1.807) is 0 Å². The number of hydrogen-bond donors (Lipinski definition) is 2. The highest BCUT2D eigenvalue weighted by Gasteiger charge is 2.15. The van der Waals surface area contributed by atoms with Crippen molar-refractivity contribution in [1.82, 2.24) is 0 Å². The summed E-state index contributed by atoms with van der Waals surface area (Å²) in [6.45, 7) is 4.86. The van der Waals surface area contributed by atoms with Crippen LogP contribution in [0, 0.1) is 0 Å². The molecule has 1 amide bonds. The fourth-order valence-electron chi connectivity index (χ4n) is 2.11. The van der Waals surface area contributed by atoms with E-state index in [1.807, 2.05) is 54.7 Å². The number of carbonyl (C=O) groups excluding carboxylic acids is 1. The first-order valence-electron chi connectivity index (χ1n) is 7.46. The predicted octanol–water partition coefficient (Wildman–Crippen LogP) is 2.34. The summed E-state index contributed by atoms with van der Waals surface area (Å²) in [5.41, 5.74) is 3.36. The molecule has 2 aromatic carbocycles. The Kier molecular flexibility index (Phi) is 5.52. The van der Waals surface area contributed by atoms with Gasteiger partial charge >= 0.3 is 0 Å². The van der Waals surface area contributed by atoms with Crippen molar-refractivity contribution in [2.75, 3.05) is 5.32 Å². The topological polar surface area (TPSA) is 45.7 Å². The minimum atomic E-state index is -0.115. The predicted molar refractivity (Wildman–Crippen MR) is 86.0 cm³/mol. The second kappa shape index (κ2) is 7.60. The second-order valence-electron chi connectivity index (χ2n) is 5.25. The van der Waals surface area contributed by atoms with Gasteiger partial charge in [0.1, 0.15) is 6.54 Å². The molecule has 3 nitrogen and oxygen atoms in total. The summed E-state index contributed by atoms with van der Waals surface area (Å²) in [7, 11) is 0. The van der Waals surface area contributed by atoms with Gasteiger partial charge in [-0.3, -0.25) is 4.79 Å². The normalized spacial score (nSPS) is 11.9. The van der Waals surface area contributed by atoms with Gasteiger partial charge in [-0.2, -0.15) is 0 Å². The number of hydrogen-bond acceptors (Lipinski definition) is 1. The number of benzene rings is 2. The highest BCUT2D eigenvalue weighted by Crippen LogP contribution is 2.09. The van der Waals surface area contributed by atoms with E-state index >= 15 is 0 Å². The van der Waals surface area contributed by atoms with E-state index in [1.165, 1.54) is 11.1 Å². The van der Waals surface area contributed by atoms with Crippen LogP contribution in [0.4, 0.5) is 5.69 Å². The molecule has 0 unspecified atom stereocenters. The molecule has 0 spiro atoms. The molecular formula is C18H23N2O+. The van der Waals surface area contributed by atoms with Crippen molar-refractivity contribution in [3.05, 3.63) is 65.7 Å². The van der Waals surface area contributed by atoms with Crippen molar-refractivity contribution in [1.29, 1.82) is 0 Å². The third-order valence-corrected chi connectivity index (χ3v) is 3.59. The van der Waals surface area contributed by atoms with Crippen molar-refractivity contribution in [3.8, 4) is 0 Å². The van der Waals surface area contributed by atoms with Gasteiger partial charge in [0.2, 0.25) is 0 Å². The lowest BCUT2D eigenvalue weighted by Gasteiger charge is -2.11. The summed E-state index contributed by atoms with van der Waals surface area (Å²) in [4.78, 5) is 12.1. The summed E-state index contributed by atoms with van der Waals surface area (Å²) < 4.78 is 0. The monoisotopic (exact) mass is 283 g/mol. The zero-order chi connectivity index (χ0) is 15.1. The smallest absolute Gasteiger partial charge is 0.282 e. The maximum absolute atomic E-state index is 12.1. The molecule has 3 N–H and O–H groups in total. The molecule has 0 saturated heterocycles. The van der Waals surface area contributed by atoms with Crippen LogP contribution in [0.5, 0.6) is 0 Å². The Morgan fingerprint density at radius 2 is 1.71 bits per heavy atom. The number of anilines is 1. The first-order chi connectivity index (χ1) is 10.2. The van der Waals surface area contributed by atoms with Gasteiger partial charge in [-0.25, -0.2) is 0 Å². The first-order valence-corrected chi connectivity index (χ1v) is 7.46. The molecule has 0 aromatic heterocycles. The average Bonchev–Trinajstić information content (AvgIpc) is 2.54. The number of amides is 1. The third kappa shape index (κ3) is 4.72. The van der Waals surface area contributed by atoms with E-state index < -0.39 is 0 Å². The Hall–Kier alpha value is -2.13. The van der Waals surface area contributed by atoms with Gasteiger partial charge in [-0.15, -0.1) is 0 Å². The van der Waals surface area contributed by atoms with Crippen LogP contribution in [-0.2, 0) is 17.8 Å². The van der Waals surface area contributed by atoms with Gasteiger partial charge in [-0.1, -0.05) is 49.4 Å². The molecule has 2 aromatic rings. The highest BCUT2D eigenvalue weighted by molar-refractivity contribution is 5.93. The van der Waals surface area contributed by atoms with E-state index in [0.29, 0.717) is 0 Å². The molecule has 0 aliphatic rings. The van der Waals surface area contributed by atoms with E-state index in [9.17, 15) is 4.79 Å². The van der Waals surface area contributed by atoms with Crippen LogP contribution < -0.4 is 10.6 Å². The highest BCUT2D eigenvalue weighted by atomic mass is 16.2. The van der Waals surface area contributed by atoms with Crippen LogP contribution in [0.2, 0.25) is 0 Å². The molecule has 2 rings (SSSR count). The Morgan fingerprint density at radius 1 is 1.05 bits per heavy atom. The van der Waals surface area contributed by atoms with Crippen LogP contribution in [0.1, 0.15) is 25.0 Å². The lowest BCUT2D eigenvalue weighted by Crippen LogP contribution is -2.90. The molecule has 1 atom stereocenters. The first kappa shape index (κ1) is 15.3. The molecule has 0 heterocycles. The molecule has 21 heavy (non-hydrogen) atoms. The quantitative estimate of drug-likeness (QED) is 0.840. The number of rotatable bonds is 6. The number of nitrogens with one attached hydrogen (secondary N) is 1. The Morgan fingerprint density at radius 3 is 2.33 bits per heavy atom. The van der Waals surface area contributed by atoms with E-state index in [-0.39, 0.29) is 11.9 Å². The molecule has 110 valence electrons. The van der Waals surface area contributed by atoms with Gasteiger partial charge in [0.25, 0.3) is 5.91 Å². The van der Waals surface area contributed by atoms with Crippen LogP contribution in [-0.4, -0.2) is 11.9 Å². The Bertz CT molecular complexity index is 564. The van der Waals surface area contributed by atoms with Gasteiger partial charge < -0.3 is 10.6 Å². The molecule has 3 heteroatoms. The zero-order valence-electron chi connectivity index (χ0n) is 12.7. The fourth-order valence-corrected chi connectivity index (χ4v) is 2.11. The van der Waals surface area contributed by atoms with Crippen LogP contribution in [0.3, 0.4) is 0 Å². The lowest BCUT2D eigenvalue weighted by atomic mass is 10.1. The third-order valence-electron chi connectivity index (χ3n) is 3.59. The number of carbonyl (C=O) groups is 1. The van der Waals surface area contributed by atoms with Crippen molar-refractivity contribution >= 4 is 11.6 Å². The van der Waals surface area contributed by atoms with Crippen molar-refractivity contribution in [2.45, 2.75) is 32.9 Å². The summed E-state index contributed by atoms with van der Waals surface area (Å²) >= 11 is 0. The molecule has 0 radical (unpaired) electrons. The SMILES string of the molecule is CCc1ccc(NC(=O)[C@H](C)[NH2+]Cc2ccccc2)cc1. The van der Waals surface area contributed by atoms with Crippen LogP contribution in [0.15, 0.2) is 54.6 Å². The summed E-state index contributed by atoms with van der Waals surface area (Å²) in [5.74, 6) is 0.0372. The fraction of sp³-hybridized carbons (Fsp3) is 0.278. The average molecular weight is 283 g/mol. The largest absolute Gasteiger partial charge is 0.333 e. The van der Waals surface area contributed by atoms with Crippen molar-refractivity contribution in [3.63, 3.8) is 0 Å². The Labute approximate surface area is 126 Å². The van der Waals surface area contributed by atoms with Gasteiger partial charge in [0.15, 0.2) is 6.04 Å². The van der Waals surface area contributed by atoms with Crippen molar-refractivity contribution in [2.24, 2.45) is 0 Å². The Balaban J connectivity index is 1.84. The molecule has 0 fully saturated rings. The number of aryl methyl sites for hydroxylation is 1. The van der Waals surface area contributed by atoms with E-state index in [2.05, 4.69) is 24.4 Å². The number of nitrogens with two attached hydrogens (primary N) is 1. The molecule has 0 aliphatic heterocycles. The zero-order valence-corrected chi connectivity index (χ0v) is 12.7. The van der Waals surface area contributed by atoms with E-state index in [0.717, 1.165) is 18.7 Å². The van der Waals surface area contributed by atoms with Crippen LogP contribution >= 0.6 is 0 Å².